The number of rotatable bonds is 3. The molecule has 1 aliphatic heterocycles. The molecule has 24 heavy (non-hydrogen) atoms. The van der Waals surface area contributed by atoms with Crippen LogP contribution in [-0.2, 0) is 16.1 Å². The summed E-state index contributed by atoms with van der Waals surface area (Å²) in [7, 11) is 0. The molecule has 126 valence electrons. The number of nitrogens with zero attached hydrogens (tertiary/aromatic N) is 5. The van der Waals surface area contributed by atoms with Crippen LogP contribution in [0.2, 0.25) is 0 Å². The average Bonchev–Trinajstić information content (AvgIpc) is 2.94. The number of hydrogen-bond donors (Lipinski definition) is 1. The summed E-state index contributed by atoms with van der Waals surface area (Å²) in [4.78, 5) is 26.7. The first-order chi connectivity index (χ1) is 11.5. The zero-order valence-corrected chi connectivity index (χ0v) is 13.1. The van der Waals surface area contributed by atoms with Crippen LogP contribution >= 0.6 is 0 Å². The topological polar surface area (TPSA) is 93.0 Å². The zero-order valence-electron chi connectivity index (χ0n) is 13.1. The van der Waals surface area contributed by atoms with Gasteiger partial charge in [-0.2, -0.15) is 4.80 Å². The van der Waals surface area contributed by atoms with Gasteiger partial charge < -0.3 is 10.2 Å². The third-order valence-electron chi connectivity index (χ3n) is 3.86. The minimum atomic E-state index is -0.348. The van der Waals surface area contributed by atoms with E-state index in [1.165, 1.54) is 16.9 Å². The lowest BCUT2D eigenvalue weighted by atomic mass is 10.2. The molecule has 0 saturated carbocycles. The highest BCUT2D eigenvalue weighted by Crippen LogP contribution is 2.14. The van der Waals surface area contributed by atoms with Gasteiger partial charge in [0.15, 0.2) is 0 Å². The number of tetrazole rings is 1. The molecule has 1 fully saturated rings. The minimum absolute atomic E-state index is 0.0605. The van der Waals surface area contributed by atoms with Gasteiger partial charge in [0, 0.05) is 31.1 Å². The van der Waals surface area contributed by atoms with Crippen molar-refractivity contribution in [3.63, 3.8) is 0 Å². The van der Waals surface area contributed by atoms with Crippen LogP contribution in [0.1, 0.15) is 13.3 Å². The standard InChI is InChI=1S/C15H17FN6O2/c1-10-8-17-13(23)6-7-21(10)14(24)9-22-19-15(18-20-22)11-2-4-12(16)5-3-11/h2-5,10H,6-9H2,1H3,(H,17,23)/t10-/m0/s1. The van der Waals surface area contributed by atoms with Gasteiger partial charge in [0.2, 0.25) is 17.6 Å². The molecule has 1 saturated heterocycles. The quantitative estimate of drug-likeness (QED) is 0.868. The van der Waals surface area contributed by atoms with E-state index < -0.39 is 0 Å². The normalized spacial score (nSPS) is 18.2. The Kier molecular flexibility index (Phi) is 4.50. The number of carbonyl (C=O) groups is 2. The van der Waals surface area contributed by atoms with Gasteiger partial charge in [0.25, 0.3) is 0 Å². The van der Waals surface area contributed by atoms with Gasteiger partial charge >= 0.3 is 0 Å². The number of halogens is 1. The number of aromatic nitrogens is 4. The maximum absolute atomic E-state index is 12.9. The Hall–Kier alpha value is -2.84. The van der Waals surface area contributed by atoms with Gasteiger partial charge in [0.05, 0.1) is 0 Å². The van der Waals surface area contributed by atoms with Crippen LogP contribution in [0.25, 0.3) is 11.4 Å². The van der Waals surface area contributed by atoms with E-state index in [2.05, 4.69) is 20.7 Å². The van der Waals surface area contributed by atoms with E-state index in [9.17, 15) is 14.0 Å². The van der Waals surface area contributed by atoms with E-state index in [-0.39, 0.29) is 36.6 Å². The van der Waals surface area contributed by atoms with Crippen LogP contribution in [0.4, 0.5) is 4.39 Å². The first kappa shape index (κ1) is 16.0. The first-order valence-corrected chi connectivity index (χ1v) is 7.63. The number of nitrogens with one attached hydrogen (secondary N) is 1. The fraction of sp³-hybridized carbons (Fsp3) is 0.400. The molecule has 0 unspecified atom stereocenters. The van der Waals surface area contributed by atoms with Crippen molar-refractivity contribution in [3.8, 4) is 11.4 Å². The van der Waals surface area contributed by atoms with E-state index in [4.69, 9.17) is 0 Å². The summed E-state index contributed by atoms with van der Waals surface area (Å²) < 4.78 is 12.9. The van der Waals surface area contributed by atoms with E-state index in [1.807, 2.05) is 6.92 Å². The molecule has 0 aliphatic carbocycles. The molecule has 1 atom stereocenters. The Bertz CT molecular complexity index is 745. The lowest BCUT2D eigenvalue weighted by Crippen LogP contribution is -2.43. The molecule has 0 spiro atoms. The molecule has 8 nitrogen and oxygen atoms in total. The highest BCUT2D eigenvalue weighted by atomic mass is 19.1. The van der Waals surface area contributed by atoms with Crippen molar-refractivity contribution in [2.24, 2.45) is 0 Å². The number of carbonyl (C=O) groups excluding carboxylic acids is 2. The molecule has 3 rings (SSSR count). The maximum Gasteiger partial charge on any atom is 0.246 e. The molecular formula is C15H17FN6O2. The molecule has 1 aromatic heterocycles. The molecule has 1 aliphatic rings. The lowest BCUT2D eigenvalue weighted by Gasteiger charge is -2.26. The lowest BCUT2D eigenvalue weighted by molar-refractivity contribution is -0.134. The molecule has 0 bridgehead atoms. The predicted octanol–water partition coefficient (Wildman–Crippen LogP) is 0.216. The van der Waals surface area contributed by atoms with Crippen molar-refractivity contribution >= 4 is 11.8 Å². The Balaban J connectivity index is 1.68. The number of hydrogen-bond acceptors (Lipinski definition) is 5. The summed E-state index contributed by atoms with van der Waals surface area (Å²) in [5.74, 6) is -0.264. The van der Waals surface area contributed by atoms with Crippen molar-refractivity contribution in [1.29, 1.82) is 0 Å². The number of benzene rings is 1. The molecule has 2 aromatic rings. The molecular weight excluding hydrogens is 315 g/mol. The van der Waals surface area contributed by atoms with Crippen molar-refractivity contribution in [3.05, 3.63) is 30.1 Å². The van der Waals surface area contributed by atoms with Gasteiger partial charge in [-0.3, -0.25) is 9.59 Å². The SMILES string of the molecule is C[C@H]1CNC(=O)CCN1C(=O)Cn1nnc(-c2ccc(F)cc2)n1. The molecule has 2 amide bonds. The summed E-state index contributed by atoms with van der Waals surface area (Å²) in [6.45, 7) is 2.61. The fourth-order valence-electron chi connectivity index (χ4n) is 2.51. The summed E-state index contributed by atoms with van der Waals surface area (Å²) in [5, 5.41) is 14.7. The summed E-state index contributed by atoms with van der Waals surface area (Å²) in [6.07, 6.45) is 0.279. The summed E-state index contributed by atoms with van der Waals surface area (Å²) >= 11 is 0. The smallest absolute Gasteiger partial charge is 0.246 e. The second kappa shape index (κ2) is 6.73. The third kappa shape index (κ3) is 3.55. The van der Waals surface area contributed by atoms with Crippen LogP contribution in [0, 0.1) is 5.82 Å². The van der Waals surface area contributed by atoms with Gasteiger partial charge in [-0.15, -0.1) is 10.2 Å². The second-order valence-electron chi connectivity index (χ2n) is 5.64. The Morgan fingerprint density at radius 2 is 2.12 bits per heavy atom. The van der Waals surface area contributed by atoms with Gasteiger partial charge in [-0.1, -0.05) is 0 Å². The van der Waals surface area contributed by atoms with E-state index >= 15 is 0 Å². The Morgan fingerprint density at radius 1 is 1.38 bits per heavy atom. The molecule has 1 aromatic carbocycles. The van der Waals surface area contributed by atoms with E-state index in [0.717, 1.165) is 0 Å². The van der Waals surface area contributed by atoms with Crippen LogP contribution in [-0.4, -0.2) is 56.1 Å². The molecule has 9 heteroatoms. The summed E-state index contributed by atoms with van der Waals surface area (Å²) in [6, 6.07) is 5.62. The van der Waals surface area contributed by atoms with Gasteiger partial charge in [-0.05, 0) is 36.4 Å². The fourth-order valence-corrected chi connectivity index (χ4v) is 2.51. The number of amides is 2. The highest BCUT2D eigenvalue weighted by molar-refractivity contribution is 5.80. The van der Waals surface area contributed by atoms with Crippen molar-refractivity contribution < 1.29 is 14.0 Å². The van der Waals surface area contributed by atoms with Crippen molar-refractivity contribution in [2.75, 3.05) is 13.1 Å². The van der Waals surface area contributed by atoms with Crippen LogP contribution in [0.15, 0.2) is 24.3 Å². The monoisotopic (exact) mass is 332 g/mol. The Morgan fingerprint density at radius 3 is 2.88 bits per heavy atom. The maximum atomic E-state index is 12.9. The van der Waals surface area contributed by atoms with Crippen LogP contribution in [0.3, 0.4) is 0 Å². The van der Waals surface area contributed by atoms with Crippen LogP contribution < -0.4 is 5.32 Å². The zero-order chi connectivity index (χ0) is 17.1. The molecule has 2 heterocycles. The minimum Gasteiger partial charge on any atom is -0.354 e. The average molecular weight is 332 g/mol. The Labute approximate surface area is 137 Å². The molecule has 1 N–H and O–H groups in total. The van der Waals surface area contributed by atoms with Crippen molar-refractivity contribution in [1.82, 2.24) is 30.4 Å². The van der Waals surface area contributed by atoms with Crippen LogP contribution in [0.5, 0.6) is 0 Å². The second-order valence-corrected chi connectivity index (χ2v) is 5.64. The van der Waals surface area contributed by atoms with E-state index in [0.29, 0.717) is 24.5 Å². The highest BCUT2D eigenvalue weighted by Gasteiger charge is 2.25. The van der Waals surface area contributed by atoms with Crippen molar-refractivity contribution in [2.45, 2.75) is 25.9 Å². The van der Waals surface area contributed by atoms with Gasteiger partial charge in [0.1, 0.15) is 12.4 Å². The first-order valence-electron chi connectivity index (χ1n) is 7.63. The van der Waals surface area contributed by atoms with Gasteiger partial charge in [-0.25, -0.2) is 4.39 Å². The predicted molar refractivity (Wildman–Crippen MR) is 82.0 cm³/mol. The van der Waals surface area contributed by atoms with E-state index in [1.54, 1.807) is 17.0 Å². The molecule has 0 radical (unpaired) electrons. The third-order valence-corrected chi connectivity index (χ3v) is 3.86. The largest absolute Gasteiger partial charge is 0.354 e. The summed E-state index contributed by atoms with van der Waals surface area (Å²) in [5.41, 5.74) is 0.619.